The summed E-state index contributed by atoms with van der Waals surface area (Å²) >= 11 is 4.83. The zero-order valence-corrected chi connectivity index (χ0v) is 9.30. The fraction of sp³-hybridized carbons (Fsp3) is 0.250. The molecule has 0 aliphatic heterocycles. The van der Waals surface area contributed by atoms with Crippen LogP contribution in [0.4, 0.5) is 27.6 Å². The van der Waals surface area contributed by atoms with Crippen LogP contribution < -0.4 is 0 Å². The van der Waals surface area contributed by atoms with Crippen molar-refractivity contribution in [1.29, 1.82) is 0 Å². The average Bonchev–Trinajstić information content (AvgIpc) is 2.25. The molecule has 0 aliphatic rings. The Balaban J connectivity index is 3.83. The minimum atomic E-state index is -5.41. The van der Waals surface area contributed by atoms with Crippen LogP contribution in [-0.4, -0.2) is 15.1 Å². The largest absolute Gasteiger partial charge is 0.423 e. The molecule has 0 saturated heterocycles. The third kappa shape index (κ3) is 2.95. The van der Waals surface area contributed by atoms with Crippen LogP contribution >= 0.6 is 11.6 Å². The van der Waals surface area contributed by atoms with Crippen molar-refractivity contribution < 1.29 is 31.7 Å². The van der Waals surface area contributed by atoms with E-state index < -0.39 is 45.3 Å². The highest BCUT2D eigenvalue weighted by Gasteiger charge is 2.45. The van der Waals surface area contributed by atoms with Gasteiger partial charge in [0.15, 0.2) is 5.69 Å². The zero-order chi connectivity index (χ0) is 15.0. The molecule has 0 aromatic carbocycles. The summed E-state index contributed by atoms with van der Waals surface area (Å²) in [5.41, 5.74) is -7.15. The molecule has 1 aromatic rings. The predicted octanol–water partition coefficient (Wildman–Crippen LogP) is 3.33. The number of nitrogens with zero attached hydrogens (tertiary/aromatic N) is 2. The van der Waals surface area contributed by atoms with Gasteiger partial charge in [-0.25, -0.2) is 13.8 Å². The molecule has 1 heterocycles. The van der Waals surface area contributed by atoms with Crippen molar-refractivity contribution in [2.45, 2.75) is 12.6 Å². The standard InChI is InChI=1S/C8H2ClF5N2O3/c9-6(17)2-1-15-4(7(10)11)5(16(18)19)3(2)8(12,13)14/h1,7H. The van der Waals surface area contributed by atoms with E-state index in [0.717, 1.165) is 0 Å². The first-order valence-corrected chi connectivity index (χ1v) is 4.67. The van der Waals surface area contributed by atoms with E-state index in [1.54, 1.807) is 0 Å². The van der Waals surface area contributed by atoms with E-state index in [1.165, 1.54) is 0 Å². The molecule has 104 valence electrons. The third-order valence-corrected chi connectivity index (χ3v) is 2.17. The fourth-order valence-electron chi connectivity index (χ4n) is 1.30. The highest BCUT2D eigenvalue weighted by Crippen LogP contribution is 2.42. The SMILES string of the molecule is O=C(Cl)c1cnc(C(F)F)c([N+](=O)[O-])c1C(F)(F)F. The Bertz CT molecular complexity index is 546. The maximum atomic E-state index is 12.7. The van der Waals surface area contributed by atoms with Crippen LogP contribution in [-0.2, 0) is 6.18 Å². The Morgan fingerprint density at radius 1 is 1.42 bits per heavy atom. The van der Waals surface area contributed by atoms with Crippen molar-refractivity contribution in [3.63, 3.8) is 0 Å². The number of halogens is 6. The lowest BCUT2D eigenvalue weighted by atomic mass is 10.1. The van der Waals surface area contributed by atoms with Crippen LogP contribution in [0.15, 0.2) is 6.20 Å². The minimum Gasteiger partial charge on any atom is -0.276 e. The van der Waals surface area contributed by atoms with Gasteiger partial charge in [0.1, 0.15) is 5.56 Å². The van der Waals surface area contributed by atoms with Crippen LogP contribution in [0.25, 0.3) is 0 Å². The van der Waals surface area contributed by atoms with Crippen LogP contribution in [0.3, 0.4) is 0 Å². The molecule has 0 atom stereocenters. The van der Waals surface area contributed by atoms with E-state index in [2.05, 4.69) is 4.98 Å². The Morgan fingerprint density at radius 2 is 1.95 bits per heavy atom. The number of hydrogen-bond donors (Lipinski definition) is 0. The smallest absolute Gasteiger partial charge is 0.276 e. The summed E-state index contributed by atoms with van der Waals surface area (Å²) in [6.45, 7) is 0. The van der Waals surface area contributed by atoms with E-state index in [9.17, 15) is 36.9 Å². The number of hydrogen-bond acceptors (Lipinski definition) is 4. The molecule has 0 aliphatic carbocycles. The summed E-state index contributed by atoms with van der Waals surface area (Å²) in [6, 6.07) is 0. The van der Waals surface area contributed by atoms with E-state index in [-0.39, 0.29) is 6.20 Å². The van der Waals surface area contributed by atoms with E-state index in [1.807, 2.05) is 0 Å². The molecule has 0 spiro atoms. The molecule has 19 heavy (non-hydrogen) atoms. The van der Waals surface area contributed by atoms with Crippen LogP contribution in [0.2, 0.25) is 0 Å². The molecule has 0 bridgehead atoms. The number of carbonyl (C=O) groups excluding carboxylic acids is 1. The van der Waals surface area contributed by atoms with Crippen LogP contribution in [0.1, 0.15) is 28.0 Å². The normalized spacial score (nSPS) is 11.7. The molecule has 1 aromatic heterocycles. The monoisotopic (exact) mass is 304 g/mol. The van der Waals surface area contributed by atoms with Gasteiger partial charge in [-0.05, 0) is 11.6 Å². The second-order valence-electron chi connectivity index (χ2n) is 3.11. The highest BCUT2D eigenvalue weighted by atomic mass is 35.5. The van der Waals surface area contributed by atoms with E-state index in [0.29, 0.717) is 0 Å². The van der Waals surface area contributed by atoms with Gasteiger partial charge in [-0.1, -0.05) is 0 Å². The summed E-state index contributed by atoms with van der Waals surface area (Å²) in [6.07, 6.45) is -8.89. The molecule has 0 saturated carbocycles. The lowest BCUT2D eigenvalue weighted by Crippen LogP contribution is -2.17. The summed E-state index contributed by atoms with van der Waals surface area (Å²) in [5.74, 6) is 0. The molecule has 0 amide bonds. The van der Waals surface area contributed by atoms with Gasteiger partial charge in [-0.3, -0.25) is 14.9 Å². The van der Waals surface area contributed by atoms with Gasteiger partial charge < -0.3 is 0 Å². The number of rotatable bonds is 3. The van der Waals surface area contributed by atoms with Gasteiger partial charge in [0.25, 0.3) is 11.7 Å². The lowest BCUT2D eigenvalue weighted by Gasteiger charge is -2.12. The zero-order valence-electron chi connectivity index (χ0n) is 8.54. The number of carbonyl (C=O) groups is 1. The van der Waals surface area contributed by atoms with Gasteiger partial charge >= 0.3 is 11.9 Å². The topological polar surface area (TPSA) is 73.1 Å². The predicted molar refractivity (Wildman–Crippen MR) is 51.0 cm³/mol. The first kappa shape index (κ1) is 15.2. The molecule has 0 fully saturated rings. The van der Waals surface area contributed by atoms with Gasteiger partial charge in [0.2, 0.25) is 0 Å². The highest BCUT2D eigenvalue weighted by molar-refractivity contribution is 6.68. The second kappa shape index (κ2) is 5.03. The van der Waals surface area contributed by atoms with Gasteiger partial charge in [0, 0.05) is 6.20 Å². The lowest BCUT2D eigenvalue weighted by molar-refractivity contribution is -0.389. The minimum absolute atomic E-state index is 0.132. The Kier molecular flexibility index (Phi) is 4.03. The Morgan fingerprint density at radius 3 is 2.26 bits per heavy atom. The molecule has 5 nitrogen and oxygen atoms in total. The van der Waals surface area contributed by atoms with Gasteiger partial charge in [-0.2, -0.15) is 13.2 Å². The second-order valence-corrected chi connectivity index (χ2v) is 3.45. The number of pyridine rings is 1. The summed E-state index contributed by atoms with van der Waals surface area (Å²) in [5, 5.41) is 8.86. The molecule has 0 N–H and O–H groups in total. The molecule has 1 rings (SSSR count). The fourth-order valence-corrected chi connectivity index (χ4v) is 1.44. The number of alkyl halides is 5. The molecular weight excluding hydrogens is 303 g/mol. The molecule has 0 unspecified atom stereocenters. The first-order valence-electron chi connectivity index (χ1n) is 4.29. The molecular formula is C8H2ClF5N2O3. The average molecular weight is 305 g/mol. The molecule has 11 heteroatoms. The van der Waals surface area contributed by atoms with Crippen molar-refractivity contribution in [2.24, 2.45) is 0 Å². The van der Waals surface area contributed by atoms with Gasteiger partial charge in [0.05, 0.1) is 10.5 Å². The van der Waals surface area contributed by atoms with Gasteiger partial charge in [-0.15, -0.1) is 0 Å². The van der Waals surface area contributed by atoms with E-state index in [4.69, 9.17) is 11.6 Å². The number of nitro groups is 1. The van der Waals surface area contributed by atoms with Crippen molar-refractivity contribution in [3.8, 4) is 0 Å². The summed E-state index contributed by atoms with van der Waals surface area (Å²) in [7, 11) is 0. The van der Waals surface area contributed by atoms with Crippen molar-refractivity contribution in [1.82, 2.24) is 4.98 Å². The Hall–Kier alpha value is -1.84. The van der Waals surface area contributed by atoms with Crippen LogP contribution in [0, 0.1) is 10.1 Å². The maximum absolute atomic E-state index is 12.7. The number of aromatic nitrogens is 1. The van der Waals surface area contributed by atoms with E-state index >= 15 is 0 Å². The van der Waals surface area contributed by atoms with Crippen molar-refractivity contribution in [3.05, 3.63) is 33.1 Å². The Labute approximate surface area is 106 Å². The maximum Gasteiger partial charge on any atom is 0.423 e. The van der Waals surface area contributed by atoms with Crippen LogP contribution in [0.5, 0.6) is 0 Å². The summed E-state index contributed by atoms with van der Waals surface area (Å²) in [4.78, 5) is 22.4. The van der Waals surface area contributed by atoms with Crippen molar-refractivity contribution in [2.75, 3.05) is 0 Å². The third-order valence-electron chi connectivity index (χ3n) is 1.97. The summed E-state index contributed by atoms with van der Waals surface area (Å²) < 4.78 is 62.9. The first-order chi connectivity index (χ1) is 8.57. The van der Waals surface area contributed by atoms with Crippen molar-refractivity contribution >= 4 is 22.5 Å². The quantitative estimate of drug-likeness (QED) is 0.371. The molecule has 0 radical (unpaired) electrons.